The van der Waals surface area contributed by atoms with E-state index in [1.165, 1.54) is 22.9 Å². The number of rotatable bonds is 4. The third-order valence-corrected chi connectivity index (χ3v) is 7.02. The number of anilines is 1. The number of halogens is 4. The third kappa shape index (κ3) is 4.82. The van der Waals surface area contributed by atoms with Crippen LogP contribution in [0.1, 0.15) is 46.8 Å². The zero-order valence-electron chi connectivity index (χ0n) is 20.5. The number of piperidine rings is 1. The van der Waals surface area contributed by atoms with E-state index < -0.39 is 17.3 Å². The van der Waals surface area contributed by atoms with Crippen molar-refractivity contribution in [2.75, 3.05) is 18.0 Å². The molecular weight excluding hydrogens is 484 g/mol. The van der Waals surface area contributed by atoms with Crippen LogP contribution in [0.4, 0.5) is 23.2 Å². The lowest BCUT2D eigenvalue weighted by atomic mass is 9.92. The van der Waals surface area contributed by atoms with Crippen molar-refractivity contribution in [1.82, 2.24) is 14.5 Å². The molecule has 0 amide bonds. The molecule has 3 heterocycles. The number of hydrogen-bond acceptors (Lipinski definition) is 4. The number of benzene rings is 2. The molecule has 192 valence electrons. The summed E-state index contributed by atoms with van der Waals surface area (Å²) >= 11 is 0. The SMILES string of the molecule is Cc1ccc2nc(C3CCN(c4c(C)cccc4F)CC3)c(=O)n(Cc3ncccc3C(F)(F)F)c2c1. The van der Waals surface area contributed by atoms with E-state index in [-0.39, 0.29) is 24.0 Å². The van der Waals surface area contributed by atoms with Crippen molar-refractivity contribution < 1.29 is 17.6 Å². The van der Waals surface area contributed by atoms with Crippen molar-refractivity contribution >= 4 is 16.7 Å². The van der Waals surface area contributed by atoms with E-state index in [1.54, 1.807) is 18.2 Å². The molecule has 2 aromatic heterocycles. The second-order valence-corrected chi connectivity index (χ2v) is 9.54. The summed E-state index contributed by atoms with van der Waals surface area (Å²) < 4.78 is 56.9. The van der Waals surface area contributed by atoms with Gasteiger partial charge in [-0.1, -0.05) is 18.2 Å². The number of alkyl halides is 3. The van der Waals surface area contributed by atoms with E-state index in [9.17, 15) is 22.4 Å². The van der Waals surface area contributed by atoms with E-state index in [0.29, 0.717) is 48.3 Å². The van der Waals surface area contributed by atoms with Crippen LogP contribution in [-0.2, 0) is 12.7 Å². The van der Waals surface area contributed by atoms with Gasteiger partial charge >= 0.3 is 6.18 Å². The predicted octanol–water partition coefficient (Wildman–Crippen LogP) is 6.00. The first kappa shape index (κ1) is 24.9. The Hall–Kier alpha value is -3.75. The predicted molar refractivity (Wildman–Crippen MR) is 134 cm³/mol. The van der Waals surface area contributed by atoms with Crippen LogP contribution < -0.4 is 10.5 Å². The highest BCUT2D eigenvalue weighted by Crippen LogP contribution is 2.33. The lowest BCUT2D eigenvalue weighted by molar-refractivity contribution is -0.138. The number of hydrogen-bond donors (Lipinski definition) is 0. The molecule has 37 heavy (non-hydrogen) atoms. The van der Waals surface area contributed by atoms with Crippen molar-refractivity contribution in [3.05, 3.63) is 99.0 Å². The van der Waals surface area contributed by atoms with Gasteiger partial charge in [0, 0.05) is 25.2 Å². The summed E-state index contributed by atoms with van der Waals surface area (Å²) in [5, 5.41) is 0. The van der Waals surface area contributed by atoms with E-state index in [1.807, 2.05) is 30.9 Å². The molecule has 0 saturated carbocycles. The molecule has 0 aliphatic carbocycles. The minimum Gasteiger partial charge on any atom is -0.369 e. The van der Waals surface area contributed by atoms with Crippen molar-refractivity contribution in [3.63, 3.8) is 0 Å². The Kier molecular flexibility index (Phi) is 6.47. The van der Waals surface area contributed by atoms with E-state index in [0.717, 1.165) is 17.2 Å². The number of pyridine rings is 1. The van der Waals surface area contributed by atoms with Crippen molar-refractivity contribution in [1.29, 1.82) is 0 Å². The van der Waals surface area contributed by atoms with Crippen LogP contribution in [0.3, 0.4) is 0 Å². The topological polar surface area (TPSA) is 51.0 Å². The minimum absolute atomic E-state index is 0.196. The fraction of sp³-hybridized carbons (Fsp3) is 0.321. The summed E-state index contributed by atoms with van der Waals surface area (Å²) in [5.74, 6) is -0.477. The molecule has 0 radical (unpaired) electrons. The molecule has 0 atom stereocenters. The standard InChI is InChI=1S/C28H26F4N4O/c1-17-8-9-22-24(15-17)36(16-23-20(28(30,31)32)6-4-12-33-23)27(37)25(34-22)19-10-13-35(14-11-19)26-18(2)5-3-7-21(26)29/h3-9,12,15,19H,10-11,13-14,16H2,1-2H3. The molecular formula is C28H26F4N4O. The van der Waals surface area contributed by atoms with Gasteiger partial charge in [0.2, 0.25) is 0 Å². The maximum absolute atomic E-state index is 14.5. The zero-order chi connectivity index (χ0) is 26.3. The molecule has 5 rings (SSSR count). The van der Waals surface area contributed by atoms with Gasteiger partial charge in [-0.25, -0.2) is 9.37 Å². The number of fused-ring (bicyclic) bond motifs is 1. The summed E-state index contributed by atoms with van der Waals surface area (Å²) in [7, 11) is 0. The summed E-state index contributed by atoms with van der Waals surface area (Å²) in [6.45, 7) is 4.47. The number of nitrogens with zero attached hydrogens (tertiary/aromatic N) is 4. The Morgan fingerprint density at radius 3 is 2.49 bits per heavy atom. The zero-order valence-corrected chi connectivity index (χ0v) is 20.5. The van der Waals surface area contributed by atoms with Gasteiger partial charge in [0.15, 0.2) is 0 Å². The van der Waals surface area contributed by atoms with Crippen LogP contribution in [0.2, 0.25) is 0 Å². The molecule has 0 unspecified atom stereocenters. The molecule has 4 aromatic rings. The fourth-order valence-corrected chi connectivity index (χ4v) is 5.16. The lowest BCUT2D eigenvalue weighted by Gasteiger charge is -2.34. The summed E-state index contributed by atoms with van der Waals surface area (Å²) in [4.78, 5) is 24.4. The summed E-state index contributed by atoms with van der Waals surface area (Å²) in [6.07, 6.45) is -2.15. The first-order valence-corrected chi connectivity index (χ1v) is 12.2. The molecule has 1 saturated heterocycles. The molecule has 2 aromatic carbocycles. The number of para-hydroxylation sites is 1. The van der Waals surface area contributed by atoms with Gasteiger partial charge in [0.25, 0.3) is 5.56 Å². The van der Waals surface area contributed by atoms with Gasteiger partial charge in [0.1, 0.15) is 11.5 Å². The molecule has 0 N–H and O–H groups in total. The molecule has 9 heteroatoms. The third-order valence-electron chi connectivity index (χ3n) is 7.02. The fourth-order valence-electron chi connectivity index (χ4n) is 5.16. The van der Waals surface area contributed by atoms with Gasteiger partial charge in [-0.3, -0.25) is 14.3 Å². The Bertz CT molecular complexity index is 1500. The lowest BCUT2D eigenvalue weighted by Crippen LogP contribution is -2.37. The van der Waals surface area contributed by atoms with Crippen molar-refractivity contribution in [2.45, 2.75) is 45.3 Å². The van der Waals surface area contributed by atoms with Gasteiger partial charge in [-0.2, -0.15) is 13.2 Å². The Labute approximate surface area is 211 Å². The molecule has 0 bridgehead atoms. The molecule has 1 aliphatic heterocycles. The average molecular weight is 511 g/mol. The maximum Gasteiger partial charge on any atom is 0.418 e. The van der Waals surface area contributed by atoms with E-state index in [2.05, 4.69) is 9.97 Å². The summed E-state index contributed by atoms with van der Waals surface area (Å²) in [6, 6.07) is 12.6. The van der Waals surface area contributed by atoms with Crippen LogP contribution in [0.5, 0.6) is 0 Å². The smallest absolute Gasteiger partial charge is 0.369 e. The van der Waals surface area contributed by atoms with Gasteiger partial charge in [-0.15, -0.1) is 0 Å². The van der Waals surface area contributed by atoms with Gasteiger partial charge in [-0.05, 0) is 68.1 Å². The molecule has 5 nitrogen and oxygen atoms in total. The van der Waals surface area contributed by atoms with E-state index >= 15 is 0 Å². The van der Waals surface area contributed by atoms with Gasteiger partial charge in [0.05, 0.1) is 34.5 Å². The van der Waals surface area contributed by atoms with Crippen LogP contribution in [-0.4, -0.2) is 27.6 Å². The van der Waals surface area contributed by atoms with Crippen LogP contribution in [0.15, 0.2) is 59.5 Å². The highest BCUT2D eigenvalue weighted by molar-refractivity contribution is 5.76. The molecule has 1 fully saturated rings. The Morgan fingerprint density at radius 1 is 1.03 bits per heavy atom. The monoisotopic (exact) mass is 510 g/mol. The minimum atomic E-state index is -4.59. The Balaban J connectivity index is 1.53. The van der Waals surface area contributed by atoms with Crippen LogP contribution >= 0.6 is 0 Å². The van der Waals surface area contributed by atoms with Gasteiger partial charge < -0.3 is 4.90 Å². The maximum atomic E-state index is 14.5. The first-order chi connectivity index (χ1) is 17.6. The highest BCUT2D eigenvalue weighted by Gasteiger charge is 2.34. The summed E-state index contributed by atoms with van der Waals surface area (Å²) in [5.41, 5.74) is 2.09. The molecule has 1 aliphatic rings. The normalized spacial score (nSPS) is 14.9. The second kappa shape index (κ2) is 9.61. The van der Waals surface area contributed by atoms with Crippen LogP contribution in [0.25, 0.3) is 11.0 Å². The number of aromatic nitrogens is 3. The van der Waals surface area contributed by atoms with Crippen molar-refractivity contribution in [3.8, 4) is 0 Å². The van der Waals surface area contributed by atoms with Crippen LogP contribution in [0, 0.1) is 19.7 Å². The first-order valence-electron chi connectivity index (χ1n) is 12.2. The quantitative estimate of drug-likeness (QED) is 0.316. The molecule has 0 spiro atoms. The average Bonchev–Trinajstić information content (AvgIpc) is 2.86. The largest absolute Gasteiger partial charge is 0.418 e. The van der Waals surface area contributed by atoms with Crippen molar-refractivity contribution in [2.24, 2.45) is 0 Å². The van der Waals surface area contributed by atoms with E-state index in [4.69, 9.17) is 0 Å². The second-order valence-electron chi connectivity index (χ2n) is 9.54. The Morgan fingerprint density at radius 2 is 1.78 bits per heavy atom. The highest BCUT2D eigenvalue weighted by atomic mass is 19.4. The number of aryl methyl sites for hydroxylation is 2.